The van der Waals surface area contributed by atoms with Crippen molar-refractivity contribution in [3.05, 3.63) is 51.4 Å². The van der Waals surface area contributed by atoms with Crippen molar-refractivity contribution in [3.63, 3.8) is 0 Å². The highest BCUT2D eigenvalue weighted by Crippen LogP contribution is 2.20. The third-order valence-electron chi connectivity index (χ3n) is 4.11. The fraction of sp³-hybridized carbons (Fsp3) is 0.353. The average Bonchev–Trinajstić information content (AvgIpc) is 2.62. The quantitative estimate of drug-likeness (QED) is 0.830. The Morgan fingerprint density at radius 2 is 1.84 bits per heavy atom. The lowest BCUT2D eigenvalue weighted by molar-refractivity contribution is -0.139. The molecule has 0 spiro atoms. The fourth-order valence-electron chi connectivity index (χ4n) is 2.78. The monoisotopic (exact) mass is 362 g/mol. The predicted octanol–water partition coefficient (Wildman–Crippen LogP) is 1.47. The lowest BCUT2D eigenvalue weighted by Crippen LogP contribution is -2.47. The molecule has 0 atom stereocenters. The summed E-state index contributed by atoms with van der Waals surface area (Å²) in [5.41, 5.74) is 1.25. The highest BCUT2D eigenvalue weighted by atomic mass is 35.5. The highest BCUT2D eigenvalue weighted by molar-refractivity contribution is 6.30. The number of ether oxygens (including phenoxy) is 1. The summed E-state index contributed by atoms with van der Waals surface area (Å²) >= 11 is 5.93. The molecule has 0 radical (unpaired) electrons. The second-order valence-corrected chi connectivity index (χ2v) is 6.20. The van der Waals surface area contributed by atoms with E-state index in [0.717, 1.165) is 18.8 Å². The van der Waals surface area contributed by atoms with Crippen LogP contribution in [0.1, 0.15) is 5.69 Å². The number of hydrogen-bond acceptors (Lipinski definition) is 6. The van der Waals surface area contributed by atoms with Gasteiger partial charge in [0.15, 0.2) is 0 Å². The average molecular weight is 363 g/mol. The Morgan fingerprint density at radius 3 is 2.48 bits per heavy atom. The molecule has 132 valence electrons. The Kier molecular flexibility index (Phi) is 5.23. The van der Waals surface area contributed by atoms with E-state index in [2.05, 4.69) is 19.6 Å². The van der Waals surface area contributed by atoms with E-state index in [1.165, 1.54) is 13.2 Å². The van der Waals surface area contributed by atoms with Crippen LogP contribution in [0.3, 0.4) is 0 Å². The Balaban J connectivity index is 1.69. The molecule has 1 saturated heterocycles. The molecule has 1 aliphatic heterocycles. The van der Waals surface area contributed by atoms with Gasteiger partial charge in [-0.1, -0.05) is 11.6 Å². The first-order valence-electron chi connectivity index (χ1n) is 7.97. The van der Waals surface area contributed by atoms with Gasteiger partial charge in [0.1, 0.15) is 0 Å². The Bertz CT molecular complexity index is 798. The van der Waals surface area contributed by atoms with E-state index in [-0.39, 0.29) is 12.0 Å². The summed E-state index contributed by atoms with van der Waals surface area (Å²) in [6, 6.07) is 9.06. The van der Waals surface area contributed by atoms with Gasteiger partial charge in [0.2, 0.25) is 5.95 Å². The topological polar surface area (TPSA) is 78.5 Å². The van der Waals surface area contributed by atoms with Crippen LogP contribution in [0.25, 0.3) is 0 Å². The first-order chi connectivity index (χ1) is 12.0. The molecule has 0 bridgehead atoms. The van der Waals surface area contributed by atoms with Crippen molar-refractivity contribution in [2.75, 3.05) is 43.1 Å². The molecule has 3 rings (SSSR count). The summed E-state index contributed by atoms with van der Waals surface area (Å²) in [5.74, 6) is 0.0683. The molecular formula is C17H19ClN4O3. The molecule has 0 amide bonds. The molecule has 1 N–H and O–H groups in total. The number of H-pyrrole nitrogens is 1. The van der Waals surface area contributed by atoms with E-state index in [4.69, 9.17) is 11.6 Å². The van der Waals surface area contributed by atoms with Crippen LogP contribution in [0.4, 0.5) is 11.6 Å². The van der Waals surface area contributed by atoms with E-state index in [1.54, 1.807) is 0 Å². The summed E-state index contributed by atoms with van der Waals surface area (Å²) in [7, 11) is 1.31. The number of benzene rings is 1. The molecule has 1 aromatic heterocycles. The zero-order valence-corrected chi connectivity index (χ0v) is 14.6. The minimum atomic E-state index is -0.420. The maximum absolute atomic E-state index is 11.8. The van der Waals surface area contributed by atoms with Crippen LogP contribution in [-0.4, -0.2) is 49.2 Å². The minimum Gasteiger partial charge on any atom is -0.469 e. The van der Waals surface area contributed by atoms with Gasteiger partial charge >= 0.3 is 5.97 Å². The van der Waals surface area contributed by atoms with Gasteiger partial charge in [-0.3, -0.25) is 14.6 Å². The number of hydrogen-bond donors (Lipinski definition) is 1. The third kappa shape index (κ3) is 4.30. The molecular weight excluding hydrogens is 344 g/mol. The van der Waals surface area contributed by atoms with Gasteiger partial charge in [0.05, 0.1) is 19.2 Å². The number of aromatic nitrogens is 2. The van der Waals surface area contributed by atoms with Crippen molar-refractivity contribution in [1.82, 2.24) is 9.97 Å². The number of methoxy groups -OCH3 is 1. The number of anilines is 2. The first kappa shape index (κ1) is 17.3. The molecule has 1 aliphatic rings. The van der Waals surface area contributed by atoms with Crippen molar-refractivity contribution in [1.29, 1.82) is 0 Å². The normalized spacial score (nSPS) is 14.5. The van der Waals surface area contributed by atoms with Gasteiger partial charge < -0.3 is 14.5 Å². The van der Waals surface area contributed by atoms with Crippen LogP contribution >= 0.6 is 11.6 Å². The van der Waals surface area contributed by atoms with Gasteiger partial charge in [-0.2, -0.15) is 0 Å². The fourth-order valence-corrected chi connectivity index (χ4v) is 2.91. The van der Waals surface area contributed by atoms with Crippen molar-refractivity contribution in [2.24, 2.45) is 0 Å². The number of esters is 1. The lowest BCUT2D eigenvalue weighted by Gasteiger charge is -2.36. The van der Waals surface area contributed by atoms with Crippen LogP contribution in [-0.2, 0) is 16.0 Å². The van der Waals surface area contributed by atoms with Crippen molar-refractivity contribution < 1.29 is 9.53 Å². The zero-order chi connectivity index (χ0) is 17.8. The van der Waals surface area contributed by atoms with Gasteiger partial charge in [-0.05, 0) is 24.3 Å². The van der Waals surface area contributed by atoms with Crippen LogP contribution in [0, 0.1) is 0 Å². The molecule has 2 aromatic rings. The van der Waals surface area contributed by atoms with E-state index in [9.17, 15) is 9.59 Å². The number of aromatic amines is 1. The molecule has 0 unspecified atom stereocenters. The van der Waals surface area contributed by atoms with Gasteiger partial charge in [0, 0.05) is 43.0 Å². The predicted molar refractivity (Wildman–Crippen MR) is 96.5 cm³/mol. The number of halogens is 1. The molecule has 25 heavy (non-hydrogen) atoms. The summed E-state index contributed by atoms with van der Waals surface area (Å²) in [6.07, 6.45) is -0.0157. The third-order valence-corrected chi connectivity index (χ3v) is 4.36. The molecule has 2 heterocycles. The maximum Gasteiger partial charge on any atom is 0.311 e. The largest absolute Gasteiger partial charge is 0.469 e. The van der Waals surface area contributed by atoms with Crippen LogP contribution in [0.2, 0.25) is 5.02 Å². The Morgan fingerprint density at radius 1 is 1.20 bits per heavy atom. The van der Waals surface area contributed by atoms with E-state index in [1.807, 2.05) is 29.2 Å². The number of rotatable bonds is 4. The number of nitrogens with zero attached hydrogens (tertiary/aromatic N) is 3. The van der Waals surface area contributed by atoms with Crippen LogP contribution in [0.15, 0.2) is 35.1 Å². The summed E-state index contributed by atoms with van der Waals surface area (Å²) in [4.78, 5) is 34.6. The van der Waals surface area contributed by atoms with Crippen LogP contribution in [0.5, 0.6) is 0 Å². The van der Waals surface area contributed by atoms with Gasteiger partial charge in [-0.15, -0.1) is 0 Å². The van der Waals surface area contributed by atoms with Gasteiger partial charge in [0.25, 0.3) is 5.56 Å². The second-order valence-electron chi connectivity index (χ2n) is 5.76. The SMILES string of the molecule is COC(=O)Cc1cc(=O)[nH]c(N2CCN(c3ccc(Cl)cc3)CC2)n1. The number of carbonyl (C=O) groups is 1. The standard InChI is InChI=1S/C17H19ClN4O3/c1-25-16(24)11-13-10-15(23)20-17(19-13)22-8-6-21(7-9-22)14-4-2-12(18)3-5-14/h2-5,10H,6-9,11H2,1H3,(H,19,20,23). The zero-order valence-electron chi connectivity index (χ0n) is 13.9. The maximum atomic E-state index is 11.8. The number of nitrogens with one attached hydrogen (secondary N) is 1. The second kappa shape index (κ2) is 7.57. The minimum absolute atomic E-state index is 0.0157. The van der Waals surface area contributed by atoms with E-state index < -0.39 is 5.97 Å². The summed E-state index contributed by atoms with van der Waals surface area (Å²) < 4.78 is 4.63. The molecule has 8 heteroatoms. The van der Waals surface area contributed by atoms with E-state index in [0.29, 0.717) is 29.8 Å². The van der Waals surface area contributed by atoms with Crippen molar-refractivity contribution in [3.8, 4) is 0 Å². The number of piperazine rings is 1. The first-order valence-corrected chi connectivity index (χ1v) is 8.35. The smallest absolute Gasteiger partial charge is 0.311 e. The molecule has 0 saturated carbocycles. The molecule has 1 aromatic carbocycles. The van der Waals surface area contributed by atoms with Gasteiger partial charge in [-0.25, -0.2) is 4.98 Å². The number of carbonyl (C=O) groups excluding carboxylic acids is 1. The lowest BCUT2D eigenvalue weighted by atomic mass is 10.2. The Labute approximate surface area is 150 Å². The van der Waals surface area contributed by atoms with Crippen molar-refractivity contribution in [2.45, 2.75) is 6.42 Å². The van der Waals surface area contributed by atoms with Crippen molar-refractivity contribution >= 4 is 29.2 Å². The highest BCUT2D eigenvalue weighted by Gasteiger charge is 2.20. The summed E-state index contributed by atoms with van der Waals surface area (Å²) in [5, 5.41) is 0.714. The van der Waals surface area contributed by atoms with Crippen LogP contribution < -0.4 is 15.4 Å². The van der Waals surface area contributed by atoms with E-state index >= 15 is 0 Å². The molecule has 0 aliphatic carbocycles. The molecule has 1 fully saturated rings. The Hall–Kier alpha value is -2.54. The summed E-state index contributed by atoms with van der Waals surface area (Å²) in [6.45, 7) is 3.03. The molecule has 7 nitrogen and oxygen atoms in total.